The first-order chi connectivity index (χ1) is 9.63. The van der Waals surface area contributed by atoms with Gasteiger partial charge in [0, 0.05) is 18.1 Å². The van der Waals surface area contributed by atoms with Gasteiger partial charge in [0.15, 0.2) is 5.78 Å². The van der Waals surface area contributed by atoms with Crippen molar-refractivity contribution in [2.24, 2.45) is 0 Å². The summed E-state index contributed by atoms with van der Waals surface area (Å²) in [5.74, 6) is -1.53. The average Bonchev–Trinajstić information content (AvgIpc) is 2.89. The maximum absolute atomic E-state index is 13.5. The van der Waals surface area contributed by atoms with E-state index in [1.165, 1.54) is 6.07 Å². The van der Waals surface area contributed by atoms with Gasteiger partial charge in [0.05, 0.1) is 13.2 Å². The van der Waals surface area contributed by atoms with E-state index in [-0.39, 0.29) is 17.8 Å². The summed E-state index contributed by atoms with van der Waals surface area (Å²) in [6.45, 7) is 1.07. The Balaban J connectivity index is 1.82. The van der Waals surface area contributed by atoms with E-state index in [9.17, 15) is 13.6 Å². The van der Waals surface area contributed by atoms with Gasteiger partial charge >= 0.3 is 0 Å². The minimum atomic E-state index is -0.692. The molecule has 0 N–H and O–H groups in total. The Kier molecular flexibility index (Phi) is 3.32. The van der Waals surface area contributed by atoms with Crippen molar-refractivity contribution in [2.75, 3.05) is 0 Å². The standard InChI is InChI=1S/C16H12F2O2/c17-14-4-3-10(15(18)7-14)6-16(19)11-1-2-12-8-20-9-13(12)5-11/h1-5,7H,6,8-9H2. The molecular formula is C16H12F2O2. The molecule has 0 radical (unpaired) electrons. The van der Waals surface area contributed by atoms with Crippen LogP contribution >= 0.6 is 0 Å². The summed E-state index contributed by atoms with van der Waals surface area (Å²) in [7, 11) is 0. The van der Waals surface area contributed by atoms with Crippen LogP contribution in [-0.2, 0) is 24.4 Å². The summed E-state index contributed by atoms with van der Waals surface area (Å²) in [6, 6.07) is 8.61. The number of rotatable bonds is 3. The first kappa shape index (κ1) is 12.9. The third kappa shape index (κ3) is 2.47. The molecule has 0 aromatic heterocycles. The second-order valence-electron chi connectivity index (χ2n) is 4.81. The SMILES string of the molecule is O=C(Cc1ccc(F)cc1F)c1ccc2c(c1)COC2. The van der Waals surface area contributed by atoms with E-state index in [1.807, 2.05) is 6.07 Å². The average molecular weight is 274 g/mol. The van der Waals surface area contributed by atoms with Crippen molar-refractivity contribution >= 4 is 5.78 Å². The molecule has 1 aliphatic heterocycles. The van der Waals surface area contributed by atoms with Crippen LogP contribution in [0.3, 0.4) is 0 Å². The highest BCUT2D eigenvalue weighted by atomic mass is 19.1. The third-order valence-corrected chi connectivity index (χ3v) is 3.41. The lowest BCUT2D eigenvalue weighted by molar-refractivity contribution is 0.0991. The summed E-state index contributed by atoms with van der Waals surface area (Å²) in [5, 5.41) is 0. The van der Waals surface area contributed by atoms with Crippen LogP contribution in [0.5, 0.6) is 0 Å². The van der Waals surface area contributed by atoms with Gasteiger partial charge in [-0.2, -0.15) is 0 Å². The van der Waals surface area contributed by atoms with Crippen LogP contribution in [0.15, 0.2) is 36.4 Å². The molecule has 0 fully saturated rings. The molecule has 2 nitrogen and oxygen atoms in total. The Morgan fingerprint density at radius 3 is 2.65 bits per heavy atom. The van der Waals surface area contributed by atoms with Crippen LogP contribution in [0.2, 0.25) is 0 Å². The highest BCUT2D eigenvalue weighted by Gasteiger charge is 2.16. The van der Waals surface area contributed by atoms with Crippen LogP contribution in [0.4, 0.5) is 8.78 Å². The number of benzene rings is 2. The Morgan fingerprint density at radius 2 is 1.85 bits per heavy atom. The lowest BCUT2D eigenvalue weighted by atomic mass is 9.99. The van der Waals surface area contributed by atoms with Gasteiger partial charge in [-0.1, -0.05) is 18.2 Å². The monoisotopic (exact) mass is 274 g/mol. The van der Waals surface area contributed by atoms with Crippen molar-refractivity contribution in [1.29, 1.82) is 0 Å². The third-order valence-electron chi connectivity index (χ3n) is 3.41. The number of ketones is 1. The van der Waals surface area contributed by atoms with Crippen LogP contribution in [0.25, 0.3) is 0 Å². The first-order valence-corrected chi connectivity index (χ1v) is 6.30. The molecule has 1 aliphatic rings. The van der Waals surface area contributed by atoms with E-state index in [2.05, 4.69) is 0 Å². The predicted octanol–water partition coefficient (Wildman–Crippen LogP) is 3.42. The summed E-state index contributed by atoms with van der Waals surface area (Å²) >= 11 is 0. The second kappa shape index (κ2) is 5.13. The molecule has 0 spiro atoms. The number of Topliss-reactive ketones (excluding diaryl/α,β-unsaturated/α-hetero) is 1. The van der Waals surface area contributed by atoms with E-state index in [0.717, 1.165) is 23.3 Å². The number of ether oxygens (including phenoxy) is 1. The minimum Gasteiger partial charge on any atom is -0.372 e. The number of fused-ring (bicyclic) bond motifs is 1. The maximum atomic E-state index is 13.5. The van der Waals surface area contributed by atoms with Crippen LogP contribution < -0.4 is 0 Å². The summed E-state index contributed by atoms with van der Waals surface area (Å²) < 4.78 is 31.6. The number of halogens is 2. The molecule has 20 heavy (non-hydrogen) atoms. The second-order valence-corrected chi connectivity index (χ2v) is 4.81. The Morgan fingerprint density at radius 1 is 1.05 bits per heavy atom. The van der Waals surface area contributed by atoms with Gasteiger partial charge in [-0.25, -0.2) is 8.78 Å². The molecule has 1 heterocycles. The van der Waals surface area contributed by atoms with E-state index >= 15 is 0 Å². The lowest BCUT2D eigenvalue weighted by Gasteiger charge is -2.05. The zero-order chi connectivity index (χ0) is 14.1. The maximum Gasteiger partial charge on any atom is 0.167 e. The molecule has 3 rings (SSSR count). The number of hydrogen-bond acceptors (Lipinski definition) is 2. The molecule has 0 aliphatic carbocycles. The number of hydrogen-bond donors (Lipinski definition) is 0. The molecule has 0 saturated heterocycles. The molecular weight excluding hydrogens is 262 g/mol. The Labute approximate surface area is 115 Å². The van der Waals surface area contributed by atoms with E-state index in [0.29, 0.717) is 18.8 Å². The first-order valence-electron chi connectivity index (χ1n) is 6.30. The smallest absolute Gasteiger partial charge is 0.167 e. The fraction of sp³-hybridized carbons (Fsp3) is 0.188. The molecule has 0 unspecified atom stereocenters. The zero-order valence-electron chi connectivity index (χ0n) is 10.7. The van der Waals surface area contributed by atoms with Crippen molar-refractivity contribution in [1.82, 2.24) is 0 Å². The van der Waals surface area contributed by atoms with E-state index < -0.39 is 11.6 Å². The molecule has 0 amide bonds. The van der Waals surface area contributed by atoms with Crippen molar-refractivity contribution in [3.8, 4) is 0 Å². The summed E-state index contributed by atoms with van der Waals surface area (Å²) in [4.78, 5) is 12.1. The topological polar surface area (TPSA) is 26.3 Å². The van der Waals surface area contributed by atoms with Gasteiger partial charge in [-0.05, 0) is 28.8 Å². The zero-order valence-corrected chi connectivity index (χ0v) is 10.7. The largest absolute Gasteiger partial charge is 0.372 e. The van der Waals surface area contributed by atoms with Crippen molar-refractivity contribution in [3.05, 3.63) is 70.3 Å². The van der Waals surface area contributed by atoms with Crippen molar-refractivity contribution in [2.45, 2.75) is 19.6 Å². The molecule has 0 saturated carbocycles. The van der Waals surface area contributed by atoms with Gasteiger partial charge in [0.25, 0.3) is 0 Å². The number of carbonyl (C=O) groups excluding carboxylic acids is 1. The minimum absolute atomic E-state index is 0.0776. The molecule has 2 aromatic rings. The molecule has 2 aromatic carbocycles. The van der Waals surface area contributed by atoms with Gasteiger partial charge in [-0.3, -0.25) is 4.79 Å². The molecule has 0 bridgehead atoms. The summed E-state index contributed by atoms with van der Waals surface area (Å²) in [6.07, 6.45) is -0.0776. The van der Waals surface area contributed by atoms with Gasteiger partial charge in [0.2, 0.25) is 0 Å². The van der Waals surface area contributed by atoms with Crippen molar-refractivity contribution in [3.63, 3.8) is 0 Å². The predicted molar refractivity (Wildman–Crippen MR) is 69.3 cm³/mol. The fourth-order valence-corrected chi connectivity index (χ4v) is 2.29. The van der Waals surface area contributed by atoms with Gasteiger partial charge in [-0.15, -0.1) is 0 Å². The van der Waals surface area contributed by atoms with E-state index in [4.69, 9.17) is 4.74 Å². The normalized spacial score (nSPS) is 13.3. The Bertz CT molecular complexity index is 680. The van der Waals surface area contributed by atoms with Gasteiger partial charge < -0.3 is 4.74 Å². The quantitative estimate of drug-likeness (QED) is 0.802. The fourth-order valence-electron chi connectivity index (χ4n) is 2.29. The highest BCUT2D eigenvalue weighted by molar-refractivity contribution is 5.97. The Hall–Kier alpha value is -2.07. The molecule has 102 valence electrons. The molecule has 4 heteroatoms. The van der Waals surface area contributed by atoms with Crippen LogP contribution in [0, 0.1) is 11.6 Å². The van der Waals surface area contributed by atoms with Crippen molar-refractivity contribution < 1.29 is 18.3 Å². The van der Waals surface area contributed by atoms with Crippen LogP contribution in [0.1, 0.15) is 27.0 Å². The van der Waals surface area contributed by atoms with Crippen LogP contribution in [-0.4, -0.2) is 5.78 Å². The van der Waals surface area contributed by atoms with E-state index in [1.54, 1.807) is 12.1 Å². The highest BCUT2D eigenvalue weighted by Crippen LogP contribution is 2.22. The van der Waals surface area contributed by atoms with Gasteiger partial charge in [0.1, 0.15) is 11.6 Å². The number of carbonyl (C=O) groups is 1. The lowest BCUT2D eigenvalue weighted by Crippen LogP contribution is -2.06. The molecule has 0 atom stereocenters. The summed E-state index contributed by atoms with van der Waals surface area (Å²) in [5.41, 5.74) is 2.80.